The van der Waals surface area contributed by atoms with E-state index in [1.165, 1.54) is 6.42 Å². The number of nitrogens with one attached hydrogen (secondary N) is 2. The zero-order valence-electron chi connectivity index (χ0n) is 9.61. The molecule has 1 aliphatic carbocycles. The van der Waals surface area contributed by atoms with E-state index in [0.29, 0.717) is 6.04 Å². The molecule has 16 heavy (non-hydrogen) atoms. The monoisotopic (exact) mass is 227 g/mol. The number of piperazine rings is 1. The molecule has 2 fully saturated rings. The third kappa shape index (κ3) is 3.09. The smallest absolute Gasteiger partial charge is 0.404 e. The molecular formula is C11H21N3O2. The first-order valence-corrected chi connectivity index (χ1v) is 6.20. The van der Waals surface area contributed by atoms with Gasteiger partial charge in [0, 0.05) is 38.3 Å². The number of carboxylic acid groups (broad SMARTS) is 1. The molecule has 1 saturated heterocycles. The number of nitrogens with zero attached hydrogens (tertiary/aromatic N) is 1. The molecule has 2 rings (SSSR count). The molecule has 3 N–H and O–H groups in total. The Morgan fingerprint density at radius 2 is 2.06 bits per heavy atom. The van der Waals surface area contributed by atoms with Crippen LogP contribution in [0.4, 0.5) is 4.79 Å². The standard InChI is InChI=1S/C11H21N3O2/c15-11(16)13-9-2-1-3-10(8-9)14-6-4-12-5-7-14/h9-10,12-13H,1-8H2,(H,15,16)/t9-,10?/m1/s1. The lowest BCUT2D eigenvalue weighted by Gasteiger charge is -2.39. The van der Waals surface area contributed by atoms with Crippen LogP contribution in [0.1, 0.15) is 25.7 Å². The SMILES string of the molecule is O=C(O)N[C@@H]1CCCC(N2CCNCC2)C1. The van der Waals surface area contributed by atoms with Crippen molar-refractivity contribution in [1.29, 1.82) is 0 Å². The van der Waals surface area contributed by atoms with E-state index in [0.717, 1.165) is 45.4 Å². The topological polar surface area (TPSA) is 64.6 Å². The van der Waals surface area contributed by atoms with Crippen LogP contribution in [0.3, 0.4) is 0 Å². The van der Waals surface area contributed by atoms with E-state index in [-0.39, 0.29) is 6.04 Å². The summed E-state index contributed by atoms with van der Waals surface area (Å²) in [5.74, 6) is 0. The number of rotatable bonds is 2. The van der Waals surface area contributed by atoms with Crippen LogP contribution < -0.4 is 10.6 Å². The fourth-order valence-electron chi connectivity index (χ4n) is 2.85. The maximum atomic E-state index is 10.6. The Morgan fingerprint density at radius 3 is 2.75 bits per heavy atom. The quantitative estimate of drug-likeness (QED) is 0.641. The largest absolute Gasteiger partial charge is 0.465 e. The lowest BCUT2D eigenvalue weighted by Crippen LogP contribution is -2.52. The minimum absolute atomic E-state index is 0.158. The fourth-order valence-corrected chi connectivity index (χ4v) is 2.85. The zero-order chi connectivity index (χ0) is 11.4. The molecule has 1 heterocycles. The molecule has 0 bridgehead atoms. The molecule has 1 amide bonds. The second-order valence-electron chi connectivity index (χ2n) is 4.75. The van der Waals surface area contributed by atoms with Gasteiger partial charge >= 0.3 is 6.09 Å². The minimum Gasteiger partial charge on any atom is -0.465 e. The second kappa shape index (κ2) is 5.50. The number of amides is 1. The highest BCUT2D eigenvalue weighted by molar-refractivity contribution is 5.64. The molecule has 5 nitrogen and oxygen atoms in total. The van der Waals surface area contributed by atoms with Gasteiger partial charge in [0.25, 0.3) is 0 Å². The average Bonchev–Trinajstić information content (AvgIpc) is 2.30. The van der Waals surface area contributed by atoms with Gasteiger partial charge in [-0.2, -0.15) is 0 Å². The van der Waals surface area contributed by atoms with Crippen molar-refractivity contribution in [2.24, 2.45) is 0 Å². The van der Waals surface area contributed by atoms with Gasteiger partial charge in [0.15, 0.2) is 0 Å². The Labute approximate surface area is 96.2 Å². The van der Waals surface area contributed by atoms with Crippen LogP contribution in [-0.4, -0.2) is 54.4 Å². The first-order chi connectivity index (χ1) is 7.75. The molecule has 0 radical (unpaired) electrons. The van der Waals surface area contributed by atoms with E-state index in [4.69, 9.17) is 5.11 Å². The van der Waals surface area contributed by atoms with Gasteiger partial charge in [-0.05, 0) is 25.7 Å². The highest BCUT2D eigenvalue weighted by Crippen LogP contribution is 2.23. The van der Waals surface area contributed by atoms with Gasteiger partial charge < -0.3 is 15.7 Å². The van der Waals surface area contributed by atoms with Gasteiger partial charge in [0.05, 0.1) is 0 Å². The molecule has 1 aliphatic heterocycles. The molecule has 92 valence electrons. The van der Waals surface area contributed by atoms with E-state index in [2.05, 4.69) is 15.5 Å². The Bertz CT molecular complexity index is 241. The number of hydrogen-bond acceptors (Lipinski definition) is 3. The third-order valence-corrected chi connectivity index (χ3v) is 3.64. The maximum Gasteiger partial charge on any atom is 0.404 e. The molecule has 5 heteroatoms. The minimum atomic E-state index is -0.883. The molecule has 1 saturated carbocycles. The second-order valence-corrected chi connectivity index (χ2v) is 4.75. The summed E-state index contributed by atoms with van der Waals surface area (Å²) in [5.41, 5.74) is 0. The molecule has 0 aromatic rings. The number of carbonyl (C=O) groups is 1. The summed E-state index contributed by atoms with van der Waals surface area (Å²) in [7, 11) is 0. The molecule has 0 aromatic carbocycles. The Kier molecular flexibility index (Phi) is 4.01. The summed E-state index contributed by atoms with van der Waals surface area (Å²) in [6.07, 6.45) is 3.45. The maximum absolute atomic E-state index is 10.6. The molecule has 0 aromatic heterocycles. The lowest BCUT2D eigenvalue weighted by molar-refractivity contribution is 0.121. The molecule has 2 aliphatic rings. The van der Waals surface area contributed by atoms with Crippen molar-refractivity contribution >= 4 is 6.09 Å². The van der Waals surface area contributed by atoms with Gasteiger partial charge in [0.1, 0.15) is 0 Å². The summed E-state index contributed by atoms with van der Waals surface area (Å²) in [5, 5.41) is 14.7. The lowest BCUT2D eigenvalue weighted by atomic mass is 9.89. The van der Waals surface area contributed by atoms with Crippen LogP contribution in [0, 0.1) is 0 Å². The van der Waals surface area contributed by atoms with Gasteiger partial charge in [-0.1, -0.05) is 0 Å². The van der Waals surface area contributed by atoms with E-state index >= 15 is 0 Å². The van der Waals surface area contributed by atoms with Crippen molar-refractivity contribution in [2.75, 3.05) is 26.2 Å². The van der Waals surface area contributed by atoms with Gasteiger partial charge in [-0.3, -0.25) is 4.90 Å². The normalized spacial score (nSPS) is 32.2. The fraction of sp³-hybridized carbons (Fsp3) is 0.909. The third-order valence-electron chi connectivity index (χ3n) is 3.64. The van der Waals surface area contributed by atoms with Crippen molar-refractivity contribution < 1.29 is 9.90 Å². The number of hydrogen-bond donors (Lipinski definition) is 3. The summed E-state index contributed by atoms with van der Waals surface area (Å²) >= 11 is 0. The van der Waals surface area contributed by atoms with Crippen LogP contribution in [0.5, 0.6) is 0 Å². The summed E-state index contributed by atoms with van der Waals surface area (Å²) in [6, 6.07) is 0.735. The van der Waals surface area contributed by atoms with Gasteiger partial charge in [0.2, 0.25) is 0 Å². The summed E-state index contributed by atoms with van der Waals surface area (Å²) < 4.78 is 0. The van der Waals surface area contributed by atoms with E-state index in [9.17, 15) is 4.79 Å². The molecular weight excluding hydrogens is 206 g/mol. The van der Waals surface area contributed by atoms with Crippen LogP contribution in [0.2, 0.25) is 0 Å². The summed E-state index contributed by atoms with van der Waals surface area (Å²) in [4.78, 5) is 13.1. The van der Waals surface area contributed by atoms with E-state index in [1.54, 1.807) is 0 Å². The van der Waals surface area contributed by atoms with Crippen molar-refractivity contribution in [3.63, 3.8) is 0 Å². The molecule has 0 spiro atoms. The highest BCUT2D eigenvalue weighted by Gasteiger charge is 2.27. The first kappa shape index (κ1) is 11.7. The van der Waals surface area contributed by atoms with Crippen LogP contribution in [0.25, 0.3) is 0 Å². The van der Waals surface area contributed by atoms with Crippen molar-refractivity contribution in [2.45, 2.75) is 37.8 Å². The molecule has 2 atom stereocenters. The van der Waals surface area contributed by atoms with E-state index in [1.807, 2.05) is 0 Å². The van der Waals surface area contributed by atoms with Gasteiger partial charge in [-0.25, -0.2) is 4.79 Å². The molecule has 1 unspecified atom stereocenters. The van der Waals surface area contributed by atoms with Crippen molar-refractivity contribution in [3.05, 3.63) is 0 Å². The predicted molar refractivity (Wildman–Crippen MR) is 61.6 cm³/mol. The van der Waals surface area contributed by atoms with Crippen LogP contribution >= 0.6 is 0 Å². The van der Waals surface area contributed by atoms with Crippen molar-refractivity contribution in [1.82, 2.24) is 15.5 Å². The highest BCUT2D eigenvalue weighted by atomic mass is 16.4. The zero-order valence-corrected chi connectivity index (χ0v) is 9.61. The van der Waals surface area contributed by atoms with E-state index < -0.39 is 6.09 Å². The Balaban J connectivity index is 1.83. The average molecular weight is 227 g/mol. The van der Waals surface area contributed by atoms with Crippen molar-refractivity contribution in [3.8, 4) is 0 Å². The Hall–Kier alpha value is -0.810. The van der Waals surface area contributed by atoms with Gasteiger partial charge in [-0.15, -0.1) is 0 Å². The van der Waals surface area contributed by atoms with Crippen LogP contribution in [-0.2, 0) is 0 Å². The summed E-state index contributed by atoms with van der Waals surface area (Å²) in [6.45, 7) is 4.33. The van der Waals surface area contributed by atoms with Crippen LogP contribution in [0.15, 0.2) is 0 Å². The predicted octanol–water partition coefficient (Wildman–Crippen LogP) is 0.470. The Morgan fingerprint density at radius 1 is 1.31 bits per heavy atom. The first-order valence-electron chi connectivity index (χ1n) is 6.20.